The van der Waals surface area contributed by atoms with Gasteiger partial charge >= 0.3 is 4.87 Å². The van der Waals surface area contributed by atoms with Crippen LogP contribution in [0.15, 0.2) is 82.6 Å². The number of rotatable bonds is 6. The maximum atomic E-state index is 13.7. The lowest BCUT2D eigenvalue weighted by molar-refractivity contribution is -0.122. The number of ether oxygens (including phenoxy) is 1. The number of H-pyrrole nitrogens is 1. The standard InChI is InChI=1S/C28H20FN3O6S2/c29-15-4-8-17(9-5-15)32-26(35)22-21(23-25(31-28(37)40-23)39-24(22)27(32)36)14-2-1-3-19(12-14)38-13-20(34)30-16-6-10-18(33)11-7-16/h1-12,21-22,24,33H,13H2,(H,30,34)(H,31,37)/t21-,22-,24+/m0/s1. The first-order valence-electron chi connectivity index (χ1n) is 12.1. The summed E-state index contributed by atoms with van der Waals surface area (Å²) in [6.45, 7) is -0.296. The van der Waals surface area contributed by atoms with Gasteiger partial charge in [0.05, 0.1) is 16.6 Å². The number of benzene rings is 3. The zero-order chi connectivity index (χ0) is 28.0. The van der Waals surface area contributed by atoms with Crippen molar-refractivity contribution in [2.24, 2.45) is 5.92 Å². The molecule has 202 valence electrons. The largest absolute Gasteiger partial charge is 0.508 e. The van der Waals surface area contributed by atoms with Crippen molar-refractivity contribution in [3.8, 4) is 11.5 Å². The molecule has 2 aliphatic rings. The molecule has 1 saturated heterocycles. The average molecular weight is 578 g/mol. The second kappa shape index (κ2) is 10.3. The number of amides is 3. The molecule has 0 saturated carbocycles. The van der Waals surface area contributed by atoms with Gasteiger partial charge in [-0.3, -0.25) is 19.2 Å². The van der Waals surface area contributed by atoms with E-state index in [9.17, 15) is 28.7 Å². The van der Waals surface area contributed by atoms with Crippen molar-refractivity contribution in [3.05, 3.63) is 98.7 Å². The minimum absolute atomic E-state index is 0.0771. The molecule has 3 heterocycles. The molecule has 3 aromatic carbocycles. The van der Waals surface area contributed by atoms with E-state index >= 15 is 0 Å². The number of nitrogens with zero attached hydrogens (tertiary/aromatic N) is 1. The van der Waals surface area contributed by atoms with Gasteiger partial charge in [0.15, 0.2) is 6.61 Å². The number of aromatic amines is 1. The summed E-state index contributed by atoms with van der Waals surface area (Å²) in [4.78, 5) is 56.1. The summed E-state index contributed by atoms with van der Waals surface area (Å²) in [5.41, 5.74) is 1.42. The fourth-order valence-electron chi connectivity index (χ4n) is 4.91. The molecule has 3 amide bonds. The molecule has 9 nitrogen and oxygen atoms in total. The van der Waals surface area contributed by atoms with Crippen LogP contribution in [0.3, 0.4) is 0 Å². The summed E-state index contributed by atoms with van der Waals surface area (Å²) in [5, 5.41) is 11.8. The van der Waals surface area contributed by atoms with E-state index in [0.29, 0.717) is 26.9 Å². The van der Waals surface area contributed by atoms with Gasteiger partial charge in [0.2, 0.25) is 11.8 Å². The lowest BCUT2D eigenvalue weighted by Crippen LogP contribution is -2.32. The molecule has 3 atom stereocenters. The summed E-state index contributed by atoms with van der Waals surface area (Å²) < 4.78 is 19.2. The Bertz CT molecular complexity index is 1690. The number of aromatic hydroxyl groups is 1. The molecule has 40 heavy (non-hydrogen) atoms. The number of hydrogen-bond donors (Lipinski definition) is 3. The van der Waals surface area contributed by atoms with Crippen LogP contribution in [-0.2, 0) is 14.4 Å². The summed E-state index contributed by atoms with van der Waals surface area (Å²) in [7, 11) is 0. The van der Waals surface area contributed by atoms with Gasteiger partial charge in [-0.1, -0.05) is 35.2 Å². The highest BCUT2D eigenvalue weighted by atomic mass is 32.2. The second-order valence-electron chi connectivity index (χ2n) is 9.19. The minimum Gasteiger partial charge on any atom is -0.508 e. The Morgan fingerprint density at radius 2 is 1.77 bits per heavy atom. The molecular weight excluding hydrogens is 557 g/mol. The third-order valence-corrected chi connectivity index (χ3v) is 9.05. The van der Waals surface area contributed by atoms with Gasteiger partial charge in [-0.15, -0.1) is 0 Å². The summed E-state index contributed by atoms with van der Waals surface area (Å²) in [6, 6.07) is 18.0. The SMILES string of the molecule is O=C(COc1cccc([C@@H]2c3sc(=O)[nH]c3S[C@H]3C(=O)N(c4ccc(F)cc4)C(=O)[C@@H]23)c1)Nc1ccc(O)cc1. The van der Waals surface area contributed by atoms with Crippen LogP contribution in [-0.4, -0.2) is 39.7 Å². The lowest BCUT2D eigenvalue weighted by atomic mass is 9.83. The van der Waals surface area contributed by atoms with Crippen LogP contribution in [0.1, 0.15) is 16.4 Å². The van der Waals surface area contributed by atoms with E-state index in [1.165, 1.54) is 36.4 Å². The van der Waals surface area contributed by atoms with E-state index in [1.807, 2.05) is 0 Å². The highest BCUT2D eigenvalue weighted by molar-refractivity contribution is 8.00. The number of phenolic OH excluding ortho intramolecular Hbond substituents is 1. The molecule has 3 N–H and O–H groups in total. The summed E-state index contributed by atoms with van der Waals surface area (Å²) >= 11 is 2.13. The van der Waals surface area contributed by atoms with Crippen molar-refractivity contribution in [1.29, 1.82) is 0 Å². The van der Waals surface area contributed by atoms with Crippen molar-refractivity contribution in [2.45, 2.75) is 16.2 Å². The molecule has 12 heteroatoms. The van der Waals surface area contributed by atoms with Gasteiger partial charge in [-0.05, 0) is 66.2 Å². The number of imide groups is 1. The zero-order valence-electron chi connectivity index (χ0n) is 20.5. The van der Waals surface area contributed by atoms with Crippen molar-refractivity contribution in [1.82, 2.24) is 4.98 Å². The Labute approximate surface area is 234 Å². The van der Waals surface area contributed by atoms with Crippen LogP contribution >= 0.6 is 23.1 Å². The monoisotopic (exact) mass is 577 g/mol. The predicted octanol–water partition coefficient (Wildman–Crippen LogP) is 4.09. The molecule has 0 unspecified atom stereocenters. The number of halogens is 1. The Morgan fingerprint density at radius 1 is 1.02 bits per heavy atom. The maximum Gasteiger partial charge on any atom is 0.305 e. The average Bonchev–Trinajstić information content (AvgIpc) is 3.43. The van der Waals surface area contributed by atoms with Gasteiger partial charge in [0.1, 0.15) is 22.6 Å². The van der Waals surface area contributed by atoms with Crippen LogP contribution < -0.4 is 19.8 Å². The molecule has 1 aromatic heterocycles. The first-order chi connectivity index (χ1) is 19.3. The van der Waals surface area contributed by atoms with Gasteiger partial charge in [0.25, 0.3) is 5.91 Å². The van der Waals surface area contributed by atoms with E-state index < -0.39 is 40.6 Å². The molecular formula is C28H20FN3O6S2. The molecule has 0 spiro atoms. The Balaban J connectivity index is 1.28. The quantitative estimate of drug-likeness (QED) is 0.233. The zero-order valence-corrected chi connectivity index (χ0v) is 22.1. The topological polar surface area (TPSA) is 129 Å². The smallest absolute Gasteiger partial charge is 0.305 e. The number of carbonyl (C=O) groups excluding carboxylic acids is 3. The number of thiazole rings is 1. The Kier molecular flexibility index (Phi) is 6.64. The van der Waals surface area contributed by atoms with Gasteiger partial charge in [-0.25, -0.2) is 9.29 Å². The van der Waals surface area contributed by atoms with Gasteiger partial charge in [0, 0.05) is 16.5 Å². The van der Waals surface area contributed by atoms with E-state index in [0.717, 1.165) is 28.0 Å². The van der Waals surface area contributed by atoms with Crippen molar-refractivity contribution in [2.75, 3.05) is 16.8 Å². The number of aromatic nitrogens is 1. The van der Waals surface area contributed by atoms with E-state index in [2.05, 4.69) is 10.3 Å². The predicted molar refractivity (Wildman–Crippen MR) is 147 cm³/mol. The molecule has 6 rings (SSSR count). The molecule has 1 fully saturated rings. The number of anilines is 2. The van der Waals surface area contributed by atoms with Crippen LogP contribution in [0, 0.1) is 11.7 Å². The molecule has 0 bridgehead atoms. The maximum absolute atomic E-state index is 13.7. The molecule has 0 radical (unpaired) electrons. The molecule has 4 aromatic rings. The van der Waals surface area contributed by atoms with E-state index in [1.54, 1.807) is 36.4 Å². The van der Waals surface area contributed by atoms with Crippen LogP contribution in [0.25, 0.3) is 0 Å². The third kappa shape index (κ3) is 4.75. The lowest BCUT2D eigenvalue weighted by Gasteiger charge is -2.30. The number of phenols is 1. The van der Waals surface area contributed by atoms with Gasteiger partial charge in [-0.2, -0.15) is 0 Å². The molecule has 0 aliphatic carbocycles. The number of nitrogens with one attached hydrogen (secondary N) is 2. The Hall–Kier alpha value is -4.42. The fraction of sp³-hybridized carbons (Fsp3) is 0.143. The van der Waals surface area contributed by atoms with Crippen molar-refractivity contribution < 1.29 is 28.6 Å². The van der Waals surface area contributed by atoms with Crippen molar-refractivity contribution in [3.63, 3.8) is 0 Å². The summed E-state index contributed by atoms with van der Waals surface area (Å²) in [5.74, 6) is -2.77. The fourth-order valence-corrected chi connectivity index (χ4v) is 7.42. The van der Waals surface area contributed by atoms with Crippen LogP contribution in [0.2, 0.25) is 0 Å². The highest BCUT2D eigenvalue weighted by Gasteiger charge is 2.56. The summed E-state index contributed by atoms with van der Waals surface area (Å²) in [6.07, 6.45) is 0. The number of carbonyl (C=O) groups is 3. The number of thioether (sulfide) groups is 1. The van der Waals surface area contributed by atoms with Crippen molar-refractivity contribution >= 4 is 52.2 Å². The first kappa shape index (κ1) is 25.8. The van der Waals surface area contributed by atoms with E-state index in [-0.39, 0.29) is 22.9 Å². The first-order valence-corrected chi connectivity index (χ1v) is 13.8. The minimum atomic E-state index is -0.811. The normalized spacial score (nSPS) is 19.7. The second-order valence-corrected chi connectivity index (χ2v) is 11.4. The van der Waals surface area contributed by atoms with Gasteiger partial charge < -0.3 is 20.1 Å². The third-order valence-electron chi connectivity index (χ3n) is 6.65. The number of fused-ring (bicyclic) bond motifs is 2. The van der Waals surface area contributed by atoms with Crippen LogP contribution in [0.4, 0.5) is 15.8 Å². The van der Waals surface area contributed by atoms with Crippen LogP contribution in [0.5, 0.6) is 11.5 Å². The molecule has 2 aliphatic heterocycles. The Morgan fingerprint density at radius 3 is 2.52 bits per heavy atom. The highest BCUT2D eigenvalue weighted by Crippen LogP contribution is 2.53. The van der Waals surface area contributed by atoms with E-state index in [4.69, 9.17) is 4.74 Å². The number of hydrogen-bond acceptors (Lipinski definition) is 8.